The van der Waals surface area contributed by atoms with Gasteiger partial charge in [-0.2, -0.15) is 0 Å². The molecule has 0 fully saturated rings. The van der Waals surface area contributed by atoms with Gasteiger partial charge in [-0.1, -0.05) is 19.4 Å². The van der Waals surface area contributed by atoms with E-state index in [0.717, 1.165) is 18.4 Å². The maximum Gasteiger partial charge on any atom is 0.338 e. The molecule has 0 aliphatic heterocycles. The van der Waals surface area contributed by atoms with Crippen molar-refractivity contribution in [3.05, 3.63) is 59.7 Å². The number of rotatable bonds is 11. The van der Waals surface area contributed by atoms with E-state index in [4.69, 9.17) is 14.2 Å². The Hall–Kier alpha value is -3.28. The minimum absolute atomic E-state index is 0.183. The van der Waals surface area contributed by atoms with Gasteiger partial charge in [-0.15, -0.1) is 0 Å². The van der Waals surface area contributed by atoms with Gasteiger partial charge in [0.05, 0.1) is 24.9 Å². The highest BCUT2D eigenvalue weighted by atomic mass is 16.5. The van der Waals surface area contributed by atoms with E-state index in [-0.39, 0.29) is 18.0 Å². The fourth-order valence-corrected chi connectivity index (χ4v) is 2.67. The summed E-state index contributed by atoms with van der Waals surface area (Å²) >= 11 is 0. The summed E-state index contributed by atoms with van der Waals surface area (Å²) in [6.07, 6.45) is 5.01. The number of anilines is 1. The van der Waals surface area contributed by atoms with Gasteiger partial charge in [-0.25, -0.2) is 4.79 Å². The van der Waals surface area contributed by atoms with Crippen LogP contribution in [-0.2, 0) is 9.53 Å². The molecule has 2 aromatic carbocycles. The van der Waals surface area contributed by atoms with Crippen LogP contribution in [0.15, 0.2) is 48.5 Å². The van der Waals surface area contributed by atoms with E-state index < -0.39 is 0 Å². The Morgan fingerprint density at radius 3 is 2.39 bits per heavy atom. The normalized spacial score (nSPS) is 10.9. The predicted octanol–water partition coefficient (Wildman–Crippen LogP) is 5.48. The van der Waals surface area contributed by atoms with Gasteiger partial charge >= 0.3 is 5.97 Å². The predicted molar refractivity (Wildman–Crippen MR) is 123 cm³/mol. The number of amides is 1. The van der Waals surface area contributed by atoms with Crippen molar-refractivity contribution in [3.8, 4) is 11.5 Å². The van der Waals surface area contributed by atoms with E-state index in [2.05, 4.69) is 12.2 Å². The lowest BCUT2D eigenvalue weighted by molar-refractivity contribution is -0.111. The molecular formula is C25H31NO5. The lowest BCUT2D eigenvalue weighted by Gasteiger charge is -2.12. The third kappa shape index (κ3) is 8.16. The quantitative estimate of drug-likeness (QED) is 0.293. The number of carbonyl (C=O) groups excluding carboxylic acids is 2. The van der Waals surface area contributed by atoms with Gasteiger partial charge in [0.2, 0.25) is 5.91 Å². The maximum absolute atomic E-state index is 12.3. The summed E-state index contributed by atoms with van der Waals surface area (Å²) in [6, 6.07) is 12.2. The van der Waals surface area contributed by atoms with Crippen molar-refractivity contribution in [1.82, 2.24) is 0 Å². The van der Waals surface area contributed by atoms with Crippen LogP contribution >= 0.6 is 0 Å². The lowest BCUT2D eigenvalue weighted by Crippen LogP contribution is -2.12. The first kappa shape index (κ1) is 24.0. The van der Waals surface area contributed by atoms with E-state index in [1.54, 1.807) is 44.2 Å². The van der Waals surface area contributed by atoms with Crippen molar-refractivity contribution in [2.45, 2.75) is 46.6 Å². The van der Waals surface area contributed by atoms with Gasteiger partial charge in [0.1, 0.15) is 0 Å². The number of benzene rings is 2. The van der Waals surface area contributed by atoms with Crippen molar-refractivity contribution >= 4 is 23.6 Å². The number of nitrogens with one attached hydrogen (secondary N) is 1. The molecule has 0 aromatic heterocycles. The van der Waals surface area contributed by atoms with E-state index in [9.17, 15) is 9.59 Å². The summed E-state index contributed by atoms with van der Waals surface area (Å²) < 4.78 is 16.6. The monoisotopic (exact) mass is 425 g/mol. The number of carbonyl (C=O) groups is 2. The van der Waals surface area contributed by atoms with Crippen LogP contribution in [0.2, 0.25) is 0 Å². The zero-order chi connectivity index (χ0) is 22.6. The van der Waals surface area contributed by atoms with E-state index in [0.29, 0.717) is 36.0 Å². The van der Waals surface area contributed by atoms with Crippen LogP contribution in [0.4, 0.5) is 5.69 Å². The van der Waals surface area contributed by atoms with Crippen molar-refractivity contribution < 1.29 is 23.8 Å². The molecular weight excluding hydrogens is 394 g/mol. The van der Waals surface area contributed by atoms with Gasteiger partial charge in [0.15, 0.2) is 11.5 Å². The molecule has 0 aliphatic carbocycles. The summed E-state index contributed by atoms with van der Waals surface area (Å²) in [5.41, 5.74) is 1.85. The second-order valence-corrected chi connectivity index (χ2v) is 7.20. The van der Waals surface area contributed by atoms with Gasteiger partial charge in [0, 0.05) is 11.8 Å². The molecule has 166 valence electrons. The topological polar surface area (TPSA) is 73.9 Å². The van der Waals surface area contributed by atoms with Crippen LogP contribution in [0.25, 0.3) is 6.08 Å². The maximum atomic E-state index is 12.3. The smallest absolute Gasteiger partial charge is 0.338 e. The molecule has 0 saturated carbocycles. The molecule has 0 bridgehead atoms. The number of ether oxygens (including phenoxy) is 3. The average Bonchev–Trinajstić information content (AvgIpc) is 2.74. The summed E-state index contributed by atoms with van der Waals surface area (Å²) in [6.45, 7) is 8.79. The lowest BCUT2D eigenvalue weighted by atomic mass is 10.1. The molecule has 0 atom stereocenters. The zero-order valence-corrected chi connectivity index (χ0v) is 18.6. The molecule has 1 N–H and O–H groups in total. The van der Waals surface area contributed by atoms with Crippen LogP contribution in [0.1, 0.15) is 56.5 Å². The highest BCUT2D eigenvalue weighted by Gasteiger charge is 2.09. The Morgan fingerprint density at radius 1 is 1.00 bits per heavy atom. The fraction of sp³-hybridized carbons (Fsp3) is 0.360. The molecule has 6 heteroatoms. The summed E-state index contributed by atoms with van der Waals surface area (Å²) in [5.74, 6) is 0.691. The summed E-state index contributed by atoms with van der Waals surface area (Å²) in [5, 5.41) is 2.77. The van der Waals surface area contributed by atoms with Gasteiger partial charge in [-0.3, -0.25) is 4.79 Å². The molecule has 0 unspecified atom stereocenters. The molecule has 6 nitrogen and oxygen atoms in total. The first-order chi connectivity index (χ1) is 14.9. The fourth-order valence-electron chi connectivity index (χ4n) is 2.67. The van der Waals surface area contributed by atoms with Crippen LogP contribution < -0.4 is 14.8 Å². The van der Waals surface area contributed by atoms with Crippen molar-refractivity contribution in [2.75, 3.05) is 18.5 Å². The van der Waals surface area contributed by atoms with Crippen molar-refractivity contribution in [3.63, 3.8) is 0 Å². The molecule has 0 spiro atoms. The van der Waals surface area contributed by atoms with Crippen molar-refractivity contribution in [1.29, 1.82) is 0 Å². The highest BCUT2D eigenvalue weighted by molar-refractivity contribution is 6.02. The Bertz CT molecular complexity index is 887. The second-order valence-electron chi connectivity index (χ2n) is 7.20. The standard InChI is InChI=1S/C25H31NO5/c1-5-7-16-30-22-14-8-19(17-23(22)29-6-2)9-15-24(27)26-21-12-10-20(11-13-21)25(28)31-18(3)4/h8-15,17-18H,5-7,16H2,1-4H3,(H,26,27)/b15-9+. The Balaban J connectivity index is 1.99. The van der Waals surface area contributed by atoms with Gasteiger partial charge in [-0.05, 0) is 75.2 Å². The van der Waals surface area contributed by atoms with Crippen LogP contribution in [0.3, 0.4) is 0 Å². The molecule has 1 amide bonds. The first-order valence-corrected chi connectivity index (χ1v) is 10.6. The average molecular weight is 426 g/mol. The van der Waals surface area contributed by atoms with Gasteiger partial charge < -0.3 is 19.5 Å². The Kier molecular flexibility index (Phi) is 9.62. The second kappa shape index (κ2) is 12.4. The zero-order valence-electron chi connectivity index (χ0n) is 18.6. The van der Waals surface area contributed by atoms with Crippen LogP contribution in [-0.4, -0.2) is 31.2 Å². The molecule has 0 heterocycles. The van der Waals surface area contributed by atoms with Crippen molar-refractivity contribution in [2.24, 2.45) is 0 Å². The molecule has 0 saturated heterocycles. The largest absolute Gasteiger partial charge is 0.490 e. The SMILES string of the molecule is CCCCOc1ccc(/C=C/C(=O)Nc2ccc(C(=O)OC(C)C)cc2)cc1OCC. The minimum Gasteiger partial charge on any atom is -0.490 e. The molecule has 0 radical (unpaired) electrons. The molecule has 2 aromatic rings. The number of hydrogen-bond donors (Lipinski definition) is 1. The van der Waals surface area contributed by atoms with E-state index in [1.165, 1.54) is 6.08 Å². The Labute approximate surface area is 184 Å². The third-order valence-electron chi connectivity index (χ3n) is 4.18. The van der Waals surface area contributed by atoms with E-state index in [1.807, 2.05) is 25.1 Å². The molecule has 2 rings (SSSR count). The van der Waals surface area contributed by atoms with Crippen LogP contribution in [0.5, 0.6) is 11.5 Å². The summed E-state index contributed by atoms with van der Waals surface area (Å²) in [7, 11) is 0. The van der Waals surface area contributed by atoms with E-state index >= 15 is 0 Å². The first-order valence-electron chi connectivity index (χ1n) is 10.6. The summed E-state index contributed by atoms with van der Waals surface area (Å²) in [4.78, 5) is 24.1. The molecule has 31 heavy (non-hydrogen) atoms. The third-order valence-corrected chi connectivity index (χ3v) is 4.18. The number of hydrogen-bond acceptors (Lipinski definition) is 5. The van der Waals surface area contributed by atoms with Crippen LogP contribution in [0, 0.1) is 0 Å². The number of unbranched alkanes of at least 4 members (excludes halogenated alkanes) is 1. The van der Waals surface area contributed by atoms with Gasteiger partial charge in [0.25, 0.3) is 0 Å². The minimum atomic E-state index is -0.389. The Morgan fingerprint density at radius 2 is 1.74 bits per heavy atom. The number of esters is 1. The molecule has 0 aliphatic rings. The highest BCUT2D eigenvalue weighted by Crippen LogP contribution is 2.29.